The molecule has 2 N–H and O–H groups in total. The second-order valence-corrected chi connectivity index (χ2v) is 5.21. The predicted octanol–water partition coefficient (Wildman–Crippen LogP) is 0.254. The lowest BCUT2D eigenvalue weighted by Crippen LogP contribution is -2.03. The van der Waals surface area contributed by atoms with Crippen molar-refractivity contribution in [1.82, 2.24) is 0 Å². The maximum Gasteiger partial charge on any atom is 0.469 e. The van der Waals surface area contributed by atoms with Crippen molar-refractivity contribution in [3.63, 3.8) is 0 Å². The number of phosphoric ester groups is 1. The molecule has 1 atom stereocenters. The Morgan fingerprint density at radius 3 is 2.50 bits per heavy atom. The Morgan fingerprint density at radius 2 is 2.08 bits per heavy atom. The van der Waals surface area contributed by atoms with Gasteiger partial charge in [-0.25, -0.2) is 4.57 Å². The van der Waals surface area contributed by atoms with Crippen LogP contribution in [0.15, 0.2) is 0 Å². The van der Waals surface area contributed by atoms with E-state index in [4.69, 9.17) is 9.79 Å². The quantitative estimate of drug-likeness (QED) is 0.491. The standard InChI is InChI=1S/C5H13O5PS/c1-2-12(9)5-3-4-10-11(6,7)8/h2-5H2,1H3,(H2,6,7,8). The summed E-state index contributed by atoms with van der Waals surface area (Å²) in [7, 11) is -5.22. The van der Waals surface area contributed by atoms with Gasteiger partial charge in [0.05, 0.1) is 6.61 Å². The van der Waals surface area contributed by atoms with E-state index in [2.05, 4.69) is 4.52 Å². The van der Waals surface area contributed by atoms with Crippen molar-refractivity contribution >= 4 is 18.6 Å². The molecule has 0 saturated carbocycles. The maximum atomic E-state index is 10.8. The van der Waals surface area contributed by atoms with E-state index in [1.807, 2.05) is 0 Å². The van der Waals surface area contributed by atoms with Gasteiger partial charge in [0, 0.05) is 22.3 Å². The third kappa shape index (κ3) is 8.36. The fourth-order valence-corrected chi connectivity index (χ4v) is 1.64. The normalized spacial score (nSPS) is 14.6. The molecule has 5 nitrogen and oxygen atoms in total. The molecule has 0 bridgehead atoms. The first-order valence-corrected chi connectivity index (χ1v) is 6.52. The van der Waals surface area contributed by atoms with Gasteiger partial charge >= 0.3 is 7.82 Å². The van der Waals surface area contributed by atoms with E-state index >= 15 is 0 Å². The molecule has 0 radical (unpaired) electrons. The zero-order valence-electron chi connectivity index (χ0n) is 6.80. The topological polar surface area (TPSA) is 83.8 Å². The monoisotopic (exact) mass is 216 g/mol. The largest absolute Gasteiger partial charge is 0.469 e. The SMILES string of the molecule is CCS(=O)CCCOP(=O)(O)O. The molecule has 0 aromatic heterocycles. The number of hydrogen-bond acceptors (Lipinski definition) is 3. The Morgan fingerprint density at radius 1 is 1.50 bits per heavy atom. The van der Waals surface area contributed by atoms with E-state index in [0.717, 1.165) is 0 Å². The Hall–Kier alpha value is 0.260. The van der Waals surface area contributed by atoms with Crippen LogP contribution in [0.2, 0.25) is 0 Å². The molecule has 0 aliphatic carbocycles. The highest BCUT2D eigenvalue weighted by Gasteiger charge is 2.12. The summed E-state index contributed by atoms with van der Waals surface area (Å²) in [6.45, 7) is 1.75. The summed E-state index contributed by atoms with van der Waals surface area (Å²) < 4.78 is 25.1. The minimum Gasteiger partial charge on any atom is -0.303 e. The second kappa shape index (κ2) is 5.83. The van der Waals surface area contributed by atoms with E-state index in [9.17, 15) is 8.77 Å². The molecule has 1 unspecified atom stereocenters. The second-order valence-electron chi connectivity index (χ2n) is 2.11. The molecule has 0 aliphatic rings. The highest BCUT2D eigenvalue weighted by atomic mass is 32.2. The molecule has 0 heterocycles. The van der Waals surface area contributed by atoms with Crippen LogP contribution in [-0.2, 0) is 19.9 Å². The van der Waals surface area contributed by atoms with Crippen LogP contribution in [0.4, 0.5) is 0 Å². The lowest BCUT2D eigenvalue weighted by atomic mass is 10.5. The zero-order chi connectivity index (χ0) is 9.61. The van der Waals surface area contributed by atoms with E-state index in [0.29, 0.717) is 17.9 Å². The summed E-state index contributed by atoms with van der Waals surface area (Å²) >= 11 is 0. The van der Waals surface area contributed by atoms with Crippen LogP contribution in [0.3, 0.4) is 0 Å². The van der Waals surface area contributed by atoms with Gasteiger partial charge in [0.15, 0.2) is 0 Å². The highest BCUT2D eigenvalue weighted by Crippen LogP contribution is 2.35. The average molecular weight is 216 g/mol. The van der Waals surface area contributed by atoms with E-state index in [-0.39, 0.29) is 6.61 Å². The highest BCUT2D eigenvalue weighted by molar-refractivity contribution is 7.84. The van der Waals surface area contributed by atoms with Gasteiger partial charge in [-0.1, -0.05) is 6.92 Å². The smallest absolute Gasteiger partial charge is 0.303 e. The molecule has 0 rings (SSSR count). The van der Waals surface area contributed by atoms with Gasteiger partial charge in [-0.05, 0) is 6.42 Å². The lowest BCUT2D eigenvalue weighted by Gasteiger charge is -2.03. The molecule has 74 valence electrons. The van der Waals surface area contributed by atoms with Gasteiger partial charge in [0.2, 0.25) is 0 Å². The molecular weight excluding hydrogens is 203 g/mol. The van der Waals surface area contributed by atoms with Gasteiger partial charge < -0.3 is 9.79 Å². The summed E-state index contributed by atoms with van der Waals surface area (Å²) in [5, 5.41) is 0. The van der Waals surface area contributed by atoms with Crippen LogP contribution < -0.4 is 0 Å². The Kier molecular flexibility index (Phi) is 5.96. The average Bonchev–Trinajstić information content (AvgIpc) is 1.96. The van der Waals surface area contributed by atoms with Crippen LogP contribution in [0.5, 0.6) is 0 Å². The molecular formula is C5H13O5PS. The van der Waals surface area contributed by atoms with Crippen molar-refractivity contribution in [3.05, 3.63) is 0 Å². The predicted molar refractivity (Wildman–Crippen MR) is 46.2 cm³/mol. The molecule has 0 saturated heterocycles. The summed E-state index contributed by atoms with van der Waals surface area (Å²) in [6.07, 6.45) is 0.408. The first kappa shape index (κ1) is 12.3. The summed E-state index contributed by atoms with van der Waals surface area (Å²) in [5.74, 6) is 0.992. The summed E-state index contributed by atoms with van der Waals surface area (Å²) in [4.78, 5) is 16.5. The van der Waals surface area contributed by atoms with Gasteiger partial charge in [0.25, 0.3) is 0 Å². The fourth-order valence-electron chi connectivity index (χ4n) is 0.548. The van der Waals surface area contributed by atoms with E-state index in [1.54, 1.807) is 6.92 Å². The summed E-state index contributed by atoms with van der Waals surface area (Å²) in [6, 6.07) is 0. The van der Waals surface area contributed by atoms with Gasteiger partial charge in [-0.2, -0.15) is 0 Å². The molecule has 0 amide bonds. The first-order chi connectivity index (χ1) is 5.45. The van der Waals surface area contributed by atoms with E-state index < -0.39 is 18.6 Å². The van der Waals surface area contributed by atoms with Crippen LogP contribution in [0.1, 0.15) is 13.3 Å². The Bertz CT molecular complexity index is 188. The van der Waals surface area contributed by atoms with Crippen LogP contribution >= 0.6 is 7.82 Å². The van der Waals surface area contributed by atoms with Gasteiger partial charge in [-0.3, -0.25) is 8.73 Å². The van der Waals surface area contributed by atoms with Gasteiger partial charge in [0.1, 0.15) is 0 Å². The van der Waals surface area contributed by atoms with Crippen LogP contribution in [-0.4, -0.2) is 32.1 Å². The van der Waals surface area contributed by atoms with Crippen LogP contribution in [0.25, 0.3) is 0 Å². The molecule has 7 heteroatoms. The number of rotatable bonds is 6. The fraction of sp³-hybridized carbons (Fsp3) is 1.00. The van der Waals surface area contributed by atoms with Crippen molar-refractivity contribution in [1.29, 1.82) is 0 Å². The third-order valence-electron chi connectivity index (χ3n) is 1.10. The van der Waals surface area contributed by atoms with Crippen molar-refractivity contribution in [2.75, 3.05) is 18.1 Å². The summed E-state index contributed by atoms with van der Waals surface area (Å²) in [5.41, 5.74) is 0. The van der Waals surface area contributed by atoms with Crippen LogP contribution in [0, 0.1) is 0 Å². The van der Waals surface area contributed by atoms with Crippen molar-refractivity contribution in [3.8, 4) is 0 Å². The Balaban J connectivity index is 3.34. The minimum atomic E-state index is -4.33. The van der Waals surface area contributed by atoms with E-state index in [1.165, 1.54) is 0 Å². The molecule has 0 fully saturated rings. The first-order valence-electron chi connectivity index (χ1n) is 3.50. The van der Waals surface area contributed by atoms with Crippen molar-refractivity contribution in [2.24, 2.45) is 0 Å². The molecule has 0 spiro atoms. The third-order valence-corrected chi connectivity index (χ3v) is 3.00. The molecule has 0 aliphatic heterocycles. The molecule has 0 aromatic carbocycles. The zero-order valence-corrected chi connectivity index (χ0v) is 8.51. The molecule has 12 heavy (non-hydrogen) atoms. The lowest BCUT2D eigenvalue weighted by molar-refractivity contribution is 0.198. The minimum absolute atomic E-state index is 0.0456. The number of hydrogen-bond donors (Lipinski definition) is 2. The van der Waals surface area contributed by atoms with Crippen molar-refractivity contribution in [2.45, 2.75) is 13.3 Å². The van der Waals surface area contributed by atoms with Crippen molar-refractivity contribution < 1.29 is 23.1 Å². The Labute approximate surface area is 73.8 Å². The number of phosphoric acid groups is 1. The molecule has 0 aromatic rings. The maximum absolute atomic E-state index is 10.8. The van der Waals surface area contributed by atoms with Gasteiger partial charge in [-0.15, -0.1) is 0 Å².